The van der Waals surface area contributed by atoms with Crippen LogP contribution < -0.4 is 31.4 Å². The summed E-state index contributed by atoms with van der Waals surface area (Å²) in [6, 6.07) is 41.1. The second-order valence-electron chi connectivity index (χ2n) is 13.3. The molecule has 4 aliphatic rings. The van der Waals surface area contributed by atoms with Crippen LogP contribution in [0.5, 0.6) is 0 Å². The third-order valence-electron chi connectivity index (χ3n) is 9.62. The summed E-state index contributed by atoms with van der Waals surface area (Å²) >= 11 is 28.6. The van der Waals surface area contributed by atoms with Gasteiger partial charge in [0.05, 0.1) is 0 Å². The summed E-state index contributed by atoms with van der Waals surface area (Å²) in [5, 5.41) is 11.7. The third kappa shape index (κ3) is 8.12. The van der Waals surface area contributed by atoms with Crippen LogP contribution in [0.4, 0.5) is 0 Å². The van der Waals surface area contributed by atoms with Gasteiger partial charge in [0.15, 0.2) is 0 Å². The standard InChI is InChI=1S/C34H42Cl4N10P6/c35-51(36)41-49(31-17-5-1-6-18-31,32-19-7-2-8-20-32)43-53(45-51)39-25-15-29-47(53)27-13-14-28-48-30-16-26-40-54(48)44-50(42-52(37,38)46-54,33-21-9-3-10-22-33)34-23-11-4-12-24-34/h1-12,17-24,39-40H,13-16,25-30H2. The number of benzene rings is 4. The first-order valence-corrected chi connectivity index (χ1v) is 31.6. The maximum absolute atomic E-state index is 7.14. The number of hydrogen-bond donors (Lipinski definition) is 2. The van der Waals surface area contributed by atoms with E-state index < -0.39 is 41.2 Å². The number of nitrogens with one attached hydrogen (secondary N) is 2. The molecule has 2 N–H and O–H groups in total. The maximum atomic E-state index is 7.14. The van der Waals surface area contributed by atoms with Crippen LogP contribution in [0, 0.1) is 0 Å². The molecule has 0 bridgehead atoms. The zero-order chi connectivity index (χ0) is 37.3. The van der Waals surface area contributed by atoms with Gasteiger partial charge in [-0.3, -0.25) is 10.2 Å². The van der Waals surface area contributed by atoms with E-state index >= 15 is 0 Å². The van der Waals surface area contributed by atoms with Crippen molar-refractivity contribution in [2.45, 2.75) is 25.7 Å². The first-order valence-electron chi connectivity index (χ1n) is 17.9. The van der Waals surface area contributed by atoms with E-state index in [1.807, 2.05) is 72.8 Å². The van der Waals surface area contributed by atoms with Crippen molar-refractivity contribution in [3.63, 3.8) is 0 Å². The van der Waals surface area contributed by atoms with Gasteiger partial charge in [-0.05, 0) is 70.6 Å². The lowest BCUT2D eigenvalue weighted by Gasteiger charge is -2.43. The highest BCUT2D eigenvalue weighted by atomic mass is 35.9. The van der Waals surface area contributed by atoms with E-state index in [-0.39, 0.29) is 0 Å². The van der Waals surface area contributed by atoms with Gasteiger partial charge in [-0.1, -0.05) is 121 Å². The molecular weight excluding hydrogens is 876 g/mol. The largest absolute Gasteiger partial charge is 0.256 e. The van der Waals surface area contributed by atoms with Crippen LogP contribution >= 0.6 is 86.2 Å². The van der Waals surface area contributed by atoms with Crippen LogP contribution in [0.1, 0.15) is 25.7 Å². The number of nitrogens with zero attached hydrogens (tertiary/aromatic N) is 8. The molecule has 0 radical (unpaired) electrons. The minimum Gasteiger partial charge on any atom is -0.253 e. The minimum absolute atomic E-state index is 0.786. The van der Waals surface area contributed by atoms with E-state index in [4.69, 9.17) is 72.1 Å². The molecule has 2 unspecified atom stereocenters. The highest BCUT2D eigenvalue weighted by Crippen LogP contribution is 2.83. The summed E-state index contributed by atoms with van der Waals surface area (Å²) in [5.74, 6) is -6.18. The summed E-state index contributed by atoms with van der Waals surface area (Å²) < 4.78 is 36.9. The van der Waals surface area contributed by atoms with Crippen molar-refractivity contribution < 1.29 is 0 Å². The summed E-state index contributed by atoms with van der Waals surface area (Å²) in [6.07, 6.45) is 3.78. The first-order chi connectivity index (χ1) is 26.1. The Morgan fingerprint density at radius 2 is 0.759 bits per heavy atom. The fourth-order valence-electron chi connectivity index (χ4n) is 7.24. The van der Waals surface area contributed by atoms with Gasteiger partial charge in [-0.25, -0.2) is 27.4 Å². The lowest BCUT2D eigenvalue weighted by Crippen LogP contribution is -2.38. The zero-order valence-corrected chi connectivity index (χ0v) is 37.8. The smallest absolute Gasteiger partial charge is 0.253 e. The Kier molecular flexibility index (Phi) is 12.2. The van der Waals surface area contributed by atoms with E-state index in [2.05, 4.69) is 68.0 Å². The molecule has 20 heteroatoms. The van der Waals surface area contributed by atoms with Crippen molar-refractivity contribution in [1.82, 2.24) is 19.5 Å². The van der Waals surface area contributed by atoms with Crippen molar-refractivity contribution in [1.29, 1.82) is 0 Å². The normalized spacial score (nSPS) is 27.0. The van der Waals surface area contributed by atoms with Gasteiger partial charge in [0.2, 0.25) is 15.0 Å². The molecule has 8 rings (SSSR count). The van der Waals surface area contributed by atoms with Gasteiger partial charge < -0.3 is 0 Å². The van der Waals surface area contributed by atoms with Gasteiger partial charge in [0.1, 0.15) is 14.4 Å². The molecule has 0 aliphatic carbocycles. The molecule has 4 heterocycles. The van der Waals surface area contributed by atoms with Gasteiger partial charge in [-0.15, -0.1) is 0 Å². The Hall–Kier alpha value is -0.740. The third-order valence-corrected chi connectivity index (χ3v) is 33.8. The molecule has 54 heavy (non-hydrogen) atoms. The van der Waals surface area contributed by atoms with E-state index in [9.17, 15) is 0 Å². The fourth-order valence-corrected chi connectivity index (χ4v) is 36.8. The van der Waals surface area contributed by atoms with Crippen molar-refractivity contribution in [2.75, 3.05) is 39.3 Å². The van der Waals surface area contributed by atoms with Crippen LogP contribution in [-0.2, 0) is 0 Å². The lowest BCUT2D eigenvalue weighted by atomic mass is 10.3. The molecule has 286 valence electrons. The predicted molar refractivity (Wildman–Crippen MR) is 241 cm³/mol. The Morgan fingerprint density at radius 3 is 1.07 bits per heavy atom. The van der Waals surface area contributed by atoms with Crippen molar-refractivity contribution in [2.24, 2.45) is 27.1 Å². The minimum atomic E-state index is -3.09. The highest BCUT2D eigenvalue weighted by Gasteiger charge is 2.44. The summed E-state index contributed by atoms with van der Waals surface area (Å²) in [6.45, 7) is 4.87. The number of rotatable bonds is 9. The quantitative estimate of drug-likeness (QED) is 0.129. The van der Waals surface area contributed by atoms with Crippen molar-refractivity contribution in [3.05, 3.63) is 121 Å². The molecule has 0 amide bonds. The van der Waals surface area contributed by atoms with Crippen LogP contribution in [0.15, 0.2) is 148 Å². The van der Waals surface area contributed by atoms with Gasteiger partial charge in [0.25, 0.3) is 11.8 Å². The fraction of sp³-hybridized carbons (Fsp3) is 0.294. The average Bonchev–Trinajstić information content (AvgIpc) is 3.18. The molecule has 0 aromatic heterocycles. The molecule has 4 aliphatic heterocycles. The molecule has 0 saturated carbocycles. The molecule has 4 aromatic carbocycles. The topological polar surface area (TPSA) is 105 Å². The van der Waals surface area contributed by atoms with E-state index in [1.54, 1.807) is 0 Å². The predicted octanol–water partition coefficient (Wildman–Crippen LogP) is 12.7. The van der Waals surface area contributed by atoms with E-state index in [0.717, 1.165) is 86.2 Å². The number of halogens is 4. The molecule has 2 fully saturated rings. The van der Waals surface area contributed by atoms with Gasteiger partial charge in [0, 0.05) is 60.5 Å². The van der Waals surface area contributed by atoms with Gasteiger partial charge >= 0.3 is 0 Å². The monoisotopic (exact) mass is 916 g/mol. The van der Waals surface area contributed by atoms with Crippen LogP contribution in [0.3, 0.4) is 0 Å². The Morgan fingerprint density at radius 1 is 0.444 bits per heavy atom. The van der Waals surface area contributed by atoms with E-state index in [0.29, 0.717) is 0 Å². The lowest BCUT2D eigenvalue weighted by molar-refractivity contribution is 0.365. The first kappa shape index (κ1) is 40.1. The van der Waals surface area contributed by atoms with Crippen LogP contribution in [0.25, 0.3) is 0 Å². The maximum Gasteiger partial charge on any atom is 0.256 e. The number of hydrogen-bond acceptors (Lipinski definition) is 10. The molecule has 2 saturated heterocycles. The molecule has 4 aromatic rings. The van der Waals surface area contributed by atoms with Gasteiger partial charge in [-0.2, -0.15) is 9.03 Å². The Balaban J connectivity index is 1.12. The Bertz CT molecular complexity index is 2090. The molecule has 2 atom stereocenters. The Labute approximate surface area is 338 Å². The second kappa shape index (κ2) is 16.5. The van der Waals surface area contributed by atoms with Crippen LogP contribution in [-0.4, -0.2) is 48.6 Å². The summed E-state index contributed by atoms with van der Waals surface area (Å²) in [7, 11) is -10.8. The zero-order valence-electron chi connectivity index (χ0n) is 29.4. The highest BCUT2D eigenvalue weighted by molar-refractivity contribution is 8.15. The number of unbranched alkanes of at least 4 members (excludes halogenated alkanes) is 1. The van der Waals surface area contributed by atoms with Crippen molar-refractivity contribution >= 4 is 107 Å². The van der Waals surface area contributed by atoms with Crippen molar-refractivity contribution in [3.8, 4) is 0 Å². The molecule has 2 spiro atoms. The van der Waals surface area contributed by atoms with E-state index in [1.165, 1.54) is 0 Å². The second-order valence-corrected chi connectivity index (χ2v) is 34.6. The molecular formula is C34H42Cl4N10P6. The average molecular weight is 918 g/mol. The SMILES string of the molecule is ClP1(Cl)=NP2(=NP(c3ccccc3)(c3ccccc3)=N1)NCCCN2CCCCN1CCCNP12=NP(c1ccccc1)(c1ccccc1)=NP(Cl)(Cl)=N2. The molecule has 10 nitrogen and oxygen atoms in total. The van der Waals surface area contributed by atoms with Crippen LogP contribution in [0.2, 0.25) is 0 Å². The summed E-state index contributed by atoms with van der Waals surface area (Å²) in [5.41, 5.74) is 0. The summed E-state index contributed by atoms with van der Waals surface area (Å²) in [4.78, 5) is 0.